The topological polar surface area (TPSA) is 50.4 Å². The van der Waals surface area contributed by atoms with E-state index in [4.69, 9.17) is 4.74 Å². The first-order chi connectivity index (χ1) is 8.61. The van der Waals surface area contributed by atoms with Crippen LogP contribution in [0.15, 0.2) is 24.3 Å². The molecular weight excluding hydrogens is 228 g/mol. The van der Waals surface area contributed by atoms with Crippen molar-refractivity contribution in [1.82, 2.24) is 5.32 Å². The summed E-state index contributed by atoms with van der Waals surface area (Å²) in [5.41, 5.74) is 0.763. The normalized spacial score (nSPS) is 10.4. The smallest absolute Gasteiger partial charge is 0.238 e. The fraction of sp³-hybridized carbons (Fsp3) is 0.500. The number of carbonyl (C=O) groups is 1. The van der Waals surface area contributed by atoms with Gasteiger partial charge in [-0.1, -0.05) is 26.8 Å². The van der Waals surface area contributed by atoms with Gasteiger partial charge in [0.1, 0.15) is 5.75 Å². The van der Waals surface area contributed by atoms with Crippen LogP contribution in [0.4, 0.5) is 5.69 Å². The first-order valence-corrected chi connectivity index (χ1v) is 6.38. The van der Waals surface area contributed by atoms with Gasteiger partial charge in [0, 0.05) is 17.8 Å². The molecule has 1 aromatic carbocycles. The largest absolute Gasteiger partial charge is 0.494 e. The molecule has 1 rings (SSSR count). The number of hydrogen-bond donors (Lipinski definition) is 2. The van der Waals surface area contributed by atoms with Crippen molar-refractivity contribution in [3.63, 3.8) is 0 Å². The fourth-order valence-corrected chi connectivity index (χ4v) is 1.39. The van der Waals surface area contributed by atoms with Gasteiger partial charge < -0.3 is 15.4 Å². The van der Waals surface area contributed by atoms with E-state index in [0.29, 0.717) is 19.2 Å². The molecule has 0 aromatic heterocycles. The van der Waals surface area contributed by atoms with Crippen LogP contribution >= 0.6 is 0 Å². The zero-order valence-electron chi connectivity index (χ0n) is 11.3. The number of anilines is 1. The monoisotopic (exact) mass is 250 g/mol. The minimum Gasteiger partial charge on any atom is -0.494 e. The van der Waals surface area contributed by atoms with E-state index < -0.39 is 0 Å². The molecule has 4 nitrogen and oxygen atoms in total. The number of nitrogens with one attached hydrogen (secondary N) is 2. The summed E-state index contributed by atoms with van der Waals surface area (Å²) in [6.45, 7) is 7.08. The lowest BCUT2D eigenvalue weighted by Crippen LogP contribution is -2.32. The van der Waals surface area contributed by atoms with Crippen molar-refractivity contribution in [3.05, 3.63) is 24.3 Å². The quantitative estimate of drug-likeness (QED) is 0.781. The molecule has 1 amide bonds. The Morgan fingerprint density at radius 1 is 1.39 bits per heavy atom. The van der Waals surface area contributed by atoms with Crippen molar-refractivity contribution >= 4 is 11.6 Å². The molecule has 0 radical (unpaired) electrons. The summed E-state index contributed by atoms with van der Waals surface area (Å²) < 4.78 is 5.51. The molecule has 1 aromatic rings. The van der Waals surface area contributed by atoms with Crippen LogP contribution < -0.4 is 15.4 Å². The maximum atomic E-state index is 11.6. The van der Waals surface area contributed by atoms with Gasteiger partial charge >= 0.3 is 0 Å². The second-order valence-corrected chi connectivity index (χ2v) is 4.46. The average molecular weight is 250 g/mol. The number of carbonyl (C=O) groups excluding carboxylic acids is 1. The Labute approximate surface area is 109 Å². The summed E-state index contributed by atoms with van der Waals surface area (Å²) >= 11 is 0. The van der Waals surface area contributed by atoms with Crippen LogP contribution in [0.25, 0.3) is 0 Å². The molecule has 0 saturated heterocycles. The van der Waals surface area contributed by atoms with Crippen molar-refractivity contribution in [2.75, 3.05) is 18.5 Å². The van der Waals surface area contributed by atoms with Crippen molar-refractivity contribution in [1.29, 1.82) is 0 Å². The highest BCUT2D eigenvalue weighted by Crippen LogP contribution is 2.17. The molecule has 2 N–H and O–H groups in total. The maximum absolute atomic E-state index is 11.6. The predicted molar refractivity (Wildman–Crippen MR) is 74.0 cm³/mol. The molecule has 0 unspecified atom stereocenters. The lowest BCUT2D eigenvalue weighted by Gasteiger charge is -2.10. The Morgan fingerprint density at radius 3 is 2.83 bits per heavy atom. The Hall–Kier alpha value is -1.55. The Balaban J connectivity index is 2.48. The average Bonchev–Trinajstić information content (AvgIpc) is 2.34. The van der Waals surface area contributed by atoms with Crippen molar-refractivity contribution in [3.8, 4) is 5.75 Å². The standard InChI is InChI=1S/C14H22N2O2/c1-4-8-18-13-7-5-6-12(9-13)16-14(17)10-15-11(2)3/h5-7,9,11,15H,4,8,10H2,1-3H3,(H,16,17). The molecular formula is C14H22N2O2. The SMILES string of the molecule is CCCOc1cccc(NC(=O)CNC(C)C)c1. The van der Waals surface area contributed by atoms with Crippen LogP contribution in [-0.2, 0) is 4.79 Å². The third kappa shape index (κ3) is 5.68. The Morgan fingerprint density at radius 2 is 2.17 bits per heavy atom. The minimum absolute atomic E-state index is 0.0451. The summed E-state index contributed by atoms with van der Waals surface area (Å²) in [6.07, 6.45) is 0.967. The molecule has 0 saturated carbocycles. The lowest BCUT2D eigenvalue weighted by atomic mass is 10.3. The van der Waals surface area contributed by atoms with Gasteiger partial charge in [-0.3, -0.25) is 4.79 Å². The number of amides is 1. The number of ether oxygens (including phenoxy) is 1. The van der Waals surface area contributed by atoms with Gasteiger partial charge in [0.25, 0.3) is 0 Å². The number of rotatable bonds is 7. The first kappa shape index (κ1) is 14.5. The van der Waals surface area contributed by atoms with E-state index in [9.17, 15) is 4.79 Å². The molecule has 0 fully saturated rings. The molecule has 0 aliphatic carbocycles. The van der Waals surface area contributed by atoms with Crippen LogP contribution in [-0.4, -0.2) is 25.1 Å². The van der Waals surface area contributed by atoms with E-state index in [2.05, 4.69) is 17.6 Å². The third-order valence-electron chi connectivity index (χ3n) is 2.26. The van der Waals surface area contributed by atoms with Crippen LogP contribution in [0.2, 0.25) is 0 Å². The van der Waals surface area contributed by atoms with Crippen LogP contribution in [0.3, 0.4) is 0 Å². The highest BCUT2D eigenvalue weighted by molar-refractivity contribution is 5.92. The van der Waals surface area contributed by atoms with Gasteiger partial charge in [-0.25, -0.2) is 0 Å². The Bertz CT molecular complexity index is 378. The van der Waals surface area contributed by atoms with Gasteiger partial charge in [0.15, 0.2) is 0 Å². The Kier molecular flexibility index (Phi) is 6.22. The second kappa shape index (κ2) is 7.71. The van der Waals surface area contributed by atoms with E-state index in [-0.39, 0.29) is 5.91 Å². The predicted octanol–water partition coefficient (Wildman–Crippen LogP) is 2.41. The minimum atomic E-state index is -0.0451. The summed E-state index contributed by atoms with van der Waals surface area (Å²) in [7, 11) is 0. The van der Waals surface area contributed by atoms with E-state index >= 15 is 0 Å². The molecule has 0 aliphatic heterocycles. The van der Waals surface area contributed by atoms with E-state index in [0.717, 1.165) is 17.9 Å². The summed E-state index contributed by atoms with van der Waals surface area (Å²) in [5.74, 6) is 0.739. The van der Waals surface area contributed by atoms with Gasteiger partial charge in [-0.2, -0.15) is 0 Å². The maximum Gasteiger partial charge on any atom is 0.238 e. The molecule has 0 heterocycles. The van der Waals surface area contributed by atoms with Crippen LogP contribution in [0, 0.1) is 0 Å². The number of hydrogen-bond acceptors (Lipinski definition) is 3. The van der Waals surface area contributed by atoms with Crippen molar-refractivity contribution in [2.24, 2.45) is 0 Å². The van der Waals surface area contributed by atoms with Gasteiger partial charge in [0.05, 0.1) is 13.2 Å². The molecule has 0 atom stereocenters. The molecule has 18 heavy (non-hydrogen) atoms. The van der Waals surface area contributed by atoms with E-state index in [1.807, 2.05) is 38.1 Å². The molecule has 0 spiro atoms. The fourth-order valence-electron chi connectivity index (χ4n) is 1.39. The summed E-state index contributed by atoms with van der Waals surface area (Å²) in [5, 5.41) is 5.90. The summed E-state index contributed by atoms with van der Waals surface area (Å²) in [4.78, 5) is 11.6. The highest BCUT2D eigenvalue weighted by Gasteiger charge is 2.03. The molecule has 100 valence electrons. The van der Waals surface area contributed by atoms with Crippen LogP contribution in [0.1, 0.15) is 27.2 Å². The molecule has 0 bridgehead atoms. The zero-order chi connectivity index (χ0) is 13.4. The van der Waals surface area contributed by atoms with Gasteiger partial charge in [0.2, 0.25) is 5.91 Å². The lowest BCUT2D eigenvalue weighted by molar-refractivity contribution is -0.115. The summed E-state index contributed by atoms with van der Waals surface area (Å²) in [6, 6.07) is 7.75. The van der Waals surface area contributed by atoms with Crippen molar-refractivity contribution in [2.45, 2.75) is 33.2 Å². The van der Waals surface area contributed by atoms with E-state index in [1.54, 1.807) is 0 Å². The molecule has 4 heteroatoms. The van der Waals surface area contributed by atoms with Crippen molar-refractivity contribution < 1.29 is 9.53 Å². The van der Waals surface area contributed by atoms with E-state index in [1.165, 1.54) is 0 Å². The zero-order valence-corrected chi connectivity index (χ0v) is 11.3. The van der Waals surface area contributed by atoms with Gasteiger partial charge in [-0.05, 0) is 18.6 Å². The first-order valence-electron chi connectivity index (χ1n) is 6.38. The number of benzene rings is 1. The third-order valence-corrected chi connectivity index (χ3v) is 2.26. The molecule has 0 aliphatic rings. The second-order valence-electron chi connectivity index (χ2n) is 4.46. The van der Waals surface area contributed by atoms with Gasteiger partial charge in [-0.15, -0.1) is 0 Å². The highest BCUT2D eigenvalue weighted by atomic mass is 16.5. The van der Waals surface area contributed by atoms with Crippen LogP contribution in [0.5, 0.6) is 5.75 Å².